The van der Waals surface area contributed by atoms with Gasteiger partial charge in [0, 0.05) is 11.8 Å². The summed E-state index contributed by atoms with van der Waals surface area (Å²) in [6.07, 6.45) is 9.30. The number of carbonyl (C=O) groups is 1. The van der Waals surface area contributed by atoms with Gasteiger partial charge in [0.05, 0.1) is 0 Å². The zero-order valence-electron chi connectivity index (χ0n) is 14.1. The van der Waals surface area contributed by atoms with Gasteiger partial charge in [-0.25, -0.2) is 5.43 Å². The molecule has 0 saturated carbocycles. The average Bonchev–Trinajstić information content (AvgIpc) is 2.68. The number of carbonyl (C=O) groups excluding carboxylic acids is 1. The Balaban J connectivity index is 1.54. The van der Waals surface area contributed by atoms with Crippen LogP contribution in [-0.4, -0.2) is 18.7 Å². The molecule has 2 aromatic carbocycles. The van der Waals surface area contributed by atoms with Gasteiger partial charge in [-0.05, 0) is 36.8 Å². The van der Waals surface area contributed by atoms with Crippen molar-refractivity contribution in [1.29, 1.82) is 0 Å². The minimum Gasteiger partial charge on any atom is -0.483 e. The molecule has 1 amide bonds. The molecule has 0 spiro atoms. The summed E-state index contributed by atoms with van der Waals surface area (Å²) in [5.41, 5.74) is 4.56. The van der Waals surface area contributed by atoms with Crippen LogP contribution in [0, 0.1) is 5.92 Å². The van der Waals surface area contributed by atoms with Crippen LogP contribution in [0.3, 0.4) is 0 Å². The first-order valence-electron chi connectivity index (χ1n) is 8.57. The van der Waals surface area contributed by atoms with Crippen molar-refractivity contribution in [3.63, 3.8) is 0 Å². The lowest BCUT2D eigenvalue weighted by Gasteiger charge is -2.12. The van der Waals surface area contributed by atoms with E-state index in [4.69, 9.17) is 4.74 Å². The summed E-state index contributed by atoms with van der Waals surface area (Å²) in [7, 11) is 0. The molecular formula is C21H22N2O2. The fourth-order valence-corrected chi connectivity index (χ4v) is 2.79. The van der Waals surface area contributed by atoms with E-state index in [0.717, 1.165) is 30.4 Å². The van der Waals surface area contributed by atoms with Gasteiger partial charge in [0.25, 0.3) is 5.91 Å². The summed E-state index contributed by atoms with van der Waals surface area (Å²) in [6, 6.07) is 17.7. The number of ether oxygens (including phenoxy) is 1. The number of amides is 1. The minimum absolute atomic E-state index is 0.0637. The van der Waals surface area contributed by atoms with Crippen LogP contribution in [0.15, 0.2) is 71.9 Å². The van der Waals surface area contributed by atoms with Crippen molar-refractivity contribution < 1.29 is 9.53 Å². The maximum atomic E-state index is 11.9. The zero-order valence-corrected chi connectivity index (χ0v) is 14.1. The van der Waals surface area contributed by atoms with E-state index in [0.29, 0.717) is 11.7 Å². The number of benzene rings is 2. The molecule has 3 rings (SSSR count). The van der Waals surface area contributed by atoms with Crippen LogP contribution in [0.5, 0.6) is 5.75 Å². The molecule has 0 aliphatic heterocycles. The van der Waals surface area contributed by atoms with E-state index in [9.17, 15) is 4.79 Å². The van der Waals surface area contributed by atoms with Gasteiger partial charge >= 0.3 is 0 Å². The molecule has 0 heterocycles. The van der Waals surface area contributed by atoms with Crippen molar-refractivity contribution in [1.82, 2.24) is 5.43 Å². The van der Waals surface area contributed by atoms with Crippen LogP contribution in [0.2, 0.25) is 0 Å². The molecule has 128 valence electrons. The molecule has 2 aromatic rings. The number of allylic oxidation sites excluding steroid dienone is 2. The largest absolute Gasteiger partial charge is 0.483 e. The molecule has 0 bridgehead atoms. The Morgan fingerprint density at radius 3 is 2.72 bits per heavy atom. The van der Waals surface area contributed by atoms with Crippen LogP contribution in [0.1, 0.15) is 19.3 Å². The number of nitrogens with one attached hydrogen (secondary N) is 1. The summed E-state index contributed by atoms with van der Waals surface area (Å²) in [4.78, 5) is 11.9. The molecule has 0 saturated heterocycles. The first-order valence-corrected chi connectivity index (χ1v) is 8.57. The summed E-state index contributed by atoms with van der Waals surface area (Å²) >= 11 is 0. The predicted molar refractivity (Wildman–Crippen MR) is 100 cm³/mol. The Morgan fingerprint density at radius 2 is 1.92 bits per heavy atom. The first kappa shape index (κ1) is 17.0. The summed E-state index contributed by atoms with van der Waals surface area (Å²) in [6.45, 7) is -0.0637. The van der Waals surface area contributed by atoms with Crippen molar-refractivity contribution in [2.45, 2.75) is 19.3 Å². The monoisotopic (exact) mass is 334 g/mol. The molecule has 0 unspecified atom stereocenters. The quantitative estimate of drug-likeness (QED) is 0.489. The average molecular weight is 334 g/mol. The number of hydrogen-bond acceptors (Lipinski definition) is 3. The SMILES string of the molecule is O=C(COc1ccccc1-c1ccccc1)N/N=C\[C@@H]1CC=CCC1. The topological polar surface area (TPSA) is 50.7 Å². The van der Waals surface area contributed by atoms with Gasteiger partial charge in [-0.15, -0.1) is 0 Å². The van der Waals surface area contributed by atoms with Gasteiger partial charge in [-0.3, -0.25) is 4.79 Å². The fraction of sp³-hybridized carbons (Fsp3) is 0.238. The fourth-order valence-electron chi connectivity index (χ4n) is 2.79. The van der Waals surface area contributed by atoms with E-state index in [1.54, 1.807) is 0 Å². The van der Waals surface area contributed by atoms with Crippen molar-refractivity contribution in [3.8, 4) is 16.9 Å². The predicted octanol–water partition coefficient (Wildman–Crippen LogP) is 4.19. The summed E-state index contributed by atoms with van der Waals surface area (Å²) < 4.78 is 5.70. The van der Waals surface area contributed by atoms with Gasteiger partial charge in [-0.2, -0.15) is 5.10 Å². The molecule has 0 fully saturated rings. The van der Waals surface area contributed by atoms with E-state index in [1.165, 1.54) is 0 Å². The maximum absolute atomic E-state index is 11.9. The normalized spacial score (nSPS) is 16.7. The summed E-state index contributed by atoms with van der Waals surface area (Å²) in [5, 5.41) is 4.05. The third-order valence-corrected chi connectivity index (χ3v) is 4.11. The molecule has 1 atom stereocenters. The molecule has 4 nitrogen and oxygen atoms in total. The van der Waals surface area contributed by atoms with E-state index in [-0.39, 0.29) is 12.5 Å². The highest BCUT2D eigenvalue weighted by molar-refractivity contribution is 5.79. The lowest BCUT2D eigenvalue weighted by molar-refractivity contribution is -0.123. The second-order valence-electron chi connectivity index (χ2n) is 6.01. The van der Waals surface area contributed by atoms with Gasteiger partial charge in [-0.1, -0.05) is 60.7 Å². The Labute approximate surface area is 148 Å². The molecule has 1 aliphatic carbocycles. The molecule has 25 heavy (non-hydrogen) atoms. The number of rotatable bonds is 6. The van der Waals surface area contributed by atoms with Crippen LogP contribution < -0.4 is 10.2 Å². The third-order valence-electron chi connectivity index (χ3n) is 4.11. The molecule has 0 aromatic heterocycles. The van der Waals surface area contributed by atoms with Crippen LogP contribution in [-0.2, 0) is 4.79 Å². The standard InChI is InChI=1S/C21H22N2O2/c24-21(23-22-15-17-9-3-1-4-10-17)16-25-20-14-8-7-13-19(20)18-11-5-2-6-12-18/h1-3,5-8,11-15,17H,4,9-10,16H2,(H,23,24)/b22-15-/t17-/m1/s1. The number of nitrogens with zero attached hydrogens (tertiary/aromatic N) is 1. The second-order valence-corrected chi connectivity index (χ2v) is 6.01. The maximum Gasteiger partial charge on any atom is 0.277 e. The number of hydrazone groups is 1. The number of para-hydroxylation sites is 1. The Hall–Kier alpha value is -2.88. The van der Waals surface area contributed by atoms with Gasteiger partial charge in [0.15, 0.2) is 6.61 Å². The van der Waals surface area contributed by atoms with E-state index < -0.39 is 0 Å². The van der Waals surface area contributed by atoms with Crippen molar-refractivity contribution in [2.75, 3.05) is 6.61 Å². The lowest BCUT2D eigenvalue weighted by atomic mass is 9.96. The van der Waals surface area contributed by atoms with Crippen LogP contribution in [0.25, 0.3) is 11.1 Å². The van der Waals surface area contributed by atoms with Gasteiger partial charge in [0.1, 0.15) is 5.75 Å². The van der Waals surface area contributed by atoms with Crippen LogP contribution in [0.4, 0.5) is 0 Å². The molecule has 4 heteroatoms. The second kappa shape index (κ2) is 8.83. The molecular weight excluding hydrogens is 312 g/mol. The summed E-state index contributed by atoms with van der Waals surface area (Å²) in [5.74, 6) is 0.834. The highest BCUT2D eigenvalue weighted by Crippen LogP contribution is 2.29. The lowest BCUT2D eigenvalue weighted by Crippen LogP contribution is -2.25. The third kappa shape index (κ3) is 5.05. The van der Waals surface area contributed by atoms with Crippen molar-refractivity contribution in [2.24, 2.45) is 11.0 Å². The first-order chi connectivity index (χ1) is 12.3. The van der Waals surface area contributed by atoms with Gasteiger partial charge < -0.3 is 4.74 Å². The minimum atomic E-state index is -0.259. The van der Waals surface area contributed by atoms with E-state index in [1.807, 2.05) is 60.8 Å². The zero-order chi connectivity index (χ0) is 17.3. The molecule has 1 aliphatic rings. The van der Waals surface area contributed by atoms with Gasteiger partial charge in [0.2, 0.25) is 0 Å². The smallest absolute Gasteiger partial charge is 0.277 e. The molecule has 1 N–H and O–H groups in total. The van der Waals surface area contributed by atoms with E-state index in [2.05, 4.69) is 22.7 Å². The Morgan fingerprint density at radius 1 is 1.12 bits per heavy atom. The highest BCUT2D eigenvalue weighted by Gasteiger charge is 2.09. The molecule has 0 radical (unpaired) electrons. The van der Waals surface area contributed by atoms with Crippen molar-refractivity contribution in [3.05, 3.63) is 66.7 Å². The van der Waals surface area contributed by atoms with Crippen LogP contribution >= 0.6 is 0 Å². The Kier molecular flexibility index (Phi) is 5.99. The number of hydrogen-bond donors (Lipinski definition) is 1. The highest BCUT2D eigenvalue weighted by atomic mass is 16.5. The van der Waals surface area contributed by atoms with Crippen molar-refractivity contribution >= 4 is 12.1 Å². The van der Waals surface area contributed by atoms with E-state index >= 15 is 0 Å². The Bertz CT molecular complexity index is 754.